The van der Waals surface area contributed by atoms with Gasteiger partial charge in [0.25, 0.3) is 0 Å². The number of hydrogen-bond acceptors (Lipinski definition) is 8. The van der Waals surface area contributed by atoms with Crippen molar-refractivity contribution in [1.29, 1.82) is 0 Å². The highest BCUT2D eigenvalue weighted by Gasteiger charge is 2.23. The average Bonchev–Trinajstić information content (AvgIpc) is 3.55. The number of unbranched alkanes of at least 4 members (excludes halogenated alkanes) is 1. The molecule has 156 valence electrons. The van der Waals surface area contributed by atoms with Gasteiger partial charge in [0.15, 0.2) is 0 Å². The van der Waals surface area contributed by atoms with E-state index in [1.165, 1.54) is 12.8 Å². The summed E-state index contributed by atoms with van der Waals surface area (Å²) in [5.74, 6) is 2.21. The van der Waals surface area contributed by atoms with Crippen molar-refractivity contribution < 1.29 is 5.11 Å². The fourth-order valence-electron chi connectivity index (χ4n) is 3.54. The fourth-order valence-corrected chi connectivity index (χ4v) is 3.54. The third-order valence-electron chi connectivity index (χ3n) is 5.51. The minimum absolute atomic E-state index is 0.179. The van der Waals surface area contributed by atoms with Gasteiger partial charge in [0.05, 0.1) is 17.4 Å². The van der Waals surface area contributed by atoms with E-state index in [9.17, 15) is 5.11 Å². The molecule has 0 atom stereocenters. The SMILES string of the molecule is CCCCNc1ncc(-c2ccc(NC3CC3)nn2)c(NC2CCC(O)CC2)n1. The number of aromatic nitrogens is 4. The summed E-state index contributed by atoms with van der Waals surface area (Å²) < 4.78 is 0. The highest BCUT2D eigenvalue weighted by molar-refractivity contribution is 5.73. The van der Waals surface area contributed by atoms with E-state index >= 15 is 0 Å². The molecule has 0 unspecified atom stereocenters. The molecule has 0 bridgehead atoms. The van der Waals surface area contributed by atoms with Gasteiger partial charge >= 0.3 is 0 Å². The lowest BCUT2D eigenvalue weighted by Gasteiger charge is -2.27. The monoisotopic (exact) mass is 397 g/mol. The Labute approximate surface area is 172 Å². The quantitative estimate of drug-likeness (QED) is 0.477. The molecule has 2 aliphatic carbocycles. The van der Waals surface area contributed by atoms with Crippen LogP contribution in [0.3, 0.4) is 0 Å². The number of nitrogens with zero attached hydrogens (tertiary/aromatic N) is 4. The molecule has 4 N–H and O–H groups in total. The van der Waals surface area contributed by atoms with Crippen LogP contribution in [-0.2, 0) is 0 Å². The summed E-state index contributed by atoms with van der Waals surface area (Å²) in [6.45, 7) is 3.02. The van der Waals surface area contributed by atoms with Crippen LogP contribution in [0.2, 0.25) is 0 Å². The smallest absolute Gasteiger partial charge is 0.224 e. The van der Waals surface area contributed by atoms with Gasteiger partial charge in [-0.3, -0.25) is 0 Å². The van der Waals surface area contributed by atoms with E-state index in [-0.39, 0.29) is 6.10 Å². The topological polar surface area (TPSA) is 108 Å². The molecular formula is C21H31N7O. The van der Waals surface area contributed by atoms with E-state index in [0.717, 1.165) is 68.0 Å². The minimum atomic E-state index is -0.179. The van der Waals surface area contributed by atoms with Gasteiger partial charge in [-0.15, -0.1) is 10.2 Å². The Balaban J connectivity index is 1.53. The molecule has 0 spiro atoms. The lowest BCUT2D eigenvalue weighted by atomic mass is 9.93. The molecular weight excluding hydrogens is 366 g/mol. The van der Waals surface area contributed by atoms with Crippen LogP contribution >= 0.6 is 0 Å². The van der Waals surface area contributed by atoms with Crippen LogP contribution in [0, 0.1) is 0 Å². The average molecular weight is 398 g/mol. The molecule has 0 aromatic carbocycles. The van der Waals surface area contributed by atoms with Gasteiger partial charge in [0, 0.05) is 24.8 Å². The standard InChI is InChI=1S/C21H31N7O/c1-2-3-12-22-21-23-13-17(18-10-11-19(28-27-18)24-14-4-5-14)20(26-21)25-15-6-8-16(29)9-7-15/h10-11,13-16,29H,2-9,12H2,1H3,(H,24,28)(H2,22,23,25,26). The van der Waals surface area contributed by atoms with Crippen molar-refractivity contribution in [2.24, 2.45) is 0 Å². The Morgan fingerprint density at radius 2 is 1.76 bits per heavy atom. The lowest BCUT2D eigenvalue weighted by molar-refractivity contribution is 0.126. The Morgan fingerprint density at radius 1 is 1.00 bits per heavy atom. The van der Waals surface area contributed by atoms with Crippen molar-refractivity contribution in [3.05, 3.63) is 18.3 Å². The molecule has 0 amide bonds. The molecule has 2 fully saturated rings. The normalized spacial score (nSPS) is 21.6. The molecule has 8 heteroatoms. The first-order valence-corrected chi connectivity index (χ1v) is 10.9. The number of aliphatic hydroxyl groups is 1. The van der Waals surface area contributed by atoms with E-state index in [1.54, 1.807) is 0 Å². The van der Waals surface area contributed by atoms with Crippen LogP contribution in [0.4, 0.5) is 17.6 Å². The Bertz CT molecular complexity index is 786. The van der Waals surface area contributed by atoms with Gasteiger partial charge in [-0.2, -0.15) is 4.98 Å². The molecule has 4 rings (SSSR count). The van der Waals surface area contributed by atoms with Crippen molar-refractivity contribution in [3.8, 4) is 11.3 Å². The predicted octanol–water partition coefficient (Wildman–Crippen LogP) is 3.44. The number of anilines is 3. The third kappa shape index (κ3) is 5.53. The Hall–Kier alpha value is -2.48. The van der Waals surface area contributed by atoms with Gasteiger partial charge in [0.2, 0.25) is 5.95 Å². The highest BCUT2D eigenvalue weighted by Crippen LogP contribution is 2.29. The maximum atomic E-state index is 9.80. The highest BCUT2D eigenvalue weighted by atomic mass is 16.3. The summed E-state index contributed by atoms with van der Waals surface area (Å²) in [4.78, 5) is 9.22. The maximum Gasteiger partial charge on any atom is 0.224 e. The van der Waals surface area contributed by atoms with Crippen LogP contribution in [-0.4, -0.2) is 50.0 Å². The predicted molar refractivity (Wildman–Crippen MR) is 115 cm³/mol. The van der Waals surface area contributed by atoms with Crippen molar-refractivity contribution >= 4 is 17.6 Å². The molecule has 2 aromatic heterocycles. The molecule has 29 heavy (non-hydrogen) atoms. The second-order valence-corrected chi connectivity index (χ2v) is 8.11. The van der Waals surface area contributed by atoms with E-state index in [4.69, 9.17) is 4.98 Å². The second kappa shape index (κ2) is 9.35. The van der Waals surface area contributed by atoms with Crippen LogP contribution in [0.15, 0.2) is 18.3 Å². The zero-order valence-electron chi connectivity index (χ0n) is 17.1. The van der Waals surface area contributed by atoms with E-state index in [1.807, 2.05) is 18.3 Å². The molecule has 0 radical (unpaired) electrons. The molecule has 2 aliphatic rings. The van der Waals surface area contributed by atoms with Gasteiger partial charge in [-0.1, -0.05) is 13.3 Å². The number of aliphatic hydroxyl groups excluding tert-OH is 1. The third-order valence-corrected chi connectivity index (χ3v) is 5.51. The van der Waals surface area contributed by atoms with Crippen LogP contribution in [0.1, 0.15) is 58.3 Å². The van der Waals surface area contributed by atoms with E-state index in [0.29, 0.717) is 18.0 Å². The van der Waals surface area contributed by atoms with E-state index in [2.05, 4.69) is 38.1 Å². The van der Waals surface area contributed by atoms with E-state index < -0.39 is 0 Å². The molecule has 2 saturated carbocycles. The summed E-state index contributed by atoms with van der Waals surface area (Å²) in [5, 5.41) is 28.8. The number of nitrogens with one attached hydrogen (secondary N) is 3. The lowest BCUT2D eigenvalue weighted by Crippen LogP contribution is -2.29. The van der Waals surface area contributed by atoms with Gasteiger partial charge < -0.3 is 21.1 Å². The number of hydrogen-bond donors (Lipinski definition) is 4. The largest absolute Gasteiger partial charge is 0.393 e. The zero-order chi connectivity index (χ0) is 20.1. The summed E-state index contributed by atoms with van der Waals surface area (Å²) >= 11 is 0. The first-order valence-electron chi connectivity index (χ1n) is 10.9. The minimum Gasteiger partial charge on any atom is -0.393 e. The molecule has 8 nitrogen and oxygen atoms in total. The summed E-state index contributed by atoms with van der Waals surface area (Å²) in [7, 11) is 0. The molecule has 2 aromatic rings. The Kier molecular flexibility index (Phi) is 6.39. The molecule has 0 saturated heterocycles. The van der Waals surface area contributed by atoms with Crippen molar-refractivity contribution in [3.63, 3.8) is 0 Å². The number of rotatable bonds is 9. The molecule has 2 heterocycles. The summed E-state index contributed by atoms with van der Waals surface area (Å²) in [6.07, 6.45) is 9.75. The van der Waals surface area contributed by atoms with Crippen molar-refractivity contribution in [1.82, 2.24) is 20.2 Å². The van der Waals surface area contributed by atoms with Crippen LogP contribution < -0.4 is 16.0 Å². The zero-order valence-corrected chi connectivity index (χ0v) is 17.1. The van der Waals surface area contributed by atoms with Gasteiger partial charge in [-0.05, 0) is 57.1 Å². The maximum absolute atomic E-state index is 9.80. The van der Waals surface area contributed by atoms with Crippen molar-refractivity contribution in [2.45, 2.75) is 76.5 Å². The summed E-state index contributed by atoms with van der Waals surface area (Å²) in [5.41, 5.74) is 1.60. The molecule has 0 aliphatic heterocycles. The Morgan fingerprint density at radius 3 is 2.45 bits per heavy atom. The first kappa shape index (κ1) is 19.8. The van der Waals surface area contributed by atoms with Gasteiger partial charge in [0.1, 0.15) is 11.6 Å². The second-order valence-electron chi connectivity index (χ2n) is 8.11. The van der Waals surface area contributed by atoms with Crippen molar-refractivity contribution in [2.75, 3.05) is 22.5 Å². The fraction of sp³-hybridized carbons (Fsp3) is 0.619. The van der Waals surface area contributed by atoms with Crippen LogP contribution in [0.25, 0.3) is 11.3 Å². The van der Waals surface area contributed by atoms with Crippen LogP contribution in [0.5, 0.6) is 0 Å². The first-order chi connectivity index (χ1) is 14.2. The summed E-state index contributed by atoms with van der Waals surface area (Å²) in [6, 6.07) is 4.77. The van der Waals surface area contributed by atoms with Gasteiger partial charge in [-0.25, -0.2) is 4.98 Å².